The van der Waals surface area contributed by atoms with Crippen molar-refractivity contribution in [3.63, 3.8) is 0 Å². The molecule has 6 heteroatoms. The predicted octanol–water partition coefficient (Wildman–Crippen LogP) is 1.90. The van der Waals surface area contributed by atoms with Crippen LogP contribution in [0.4, 0.5) is 10.1 Å². The lowest BCUT2D eigenvalue weighted by molar-refractivity contribution is 0.105. The third kappa shape index (κ3) is 3.50. The SMILES string of the molecule is OC[C@@H](O)CNc1cc(Cl)c(F)c(Cl)c1. The Morgan fingerprint density at radius 2 is 1.87 bits per heavy atom. The normalized spacial score (nSPS) is 12.6. The summed E-state index contributed by atoms with van der Waals surface area (Å²) in [6, 6.07) is 2.71. The molecule has 15 heavy (non-hydrogen) atoms. The quantitative estimate of drug-likeness (QED) is 0.719. The largest absolute Gasteiger partial charge is 0.394 e. The van der Waals surface area contributed by atoms with Crippen molar-refractivity contribution in [1.82, 2.24) is 0 Å². The van der Waals surface area contributed by atoms with Crippen LogP contribution in [0.2, 0.25) is 10.0 Å². The molecule has 0 aliphatic heterocycles. The van der Waals surface area contributed by atoms with Gasteiger partial charge in [-0.25, -0.2) is 4.39 Å². The van der Waals surface area contributed by atoms with Crippen molar-refractivity contribution in [1.29, 1.82) is 0 Å². The average molecular weight is 254 g/mol. The van der Waals surface area contributed by atoms with Crippen LogP contribution in [0.15, 0.2) is 12.1 Å². The van der Waals surface area contributed by atoms with E-state index in [9.17, 15) is 4.39 Å². The molecule has 3 N–H and O–H groups in total. The van der Waals surface area contributed by atoms with Crippen LogP contribution in [0.3, 0.4) is 0 Å². The second-order valence-corrected chi connectivity index (χ2v) is 3.79. The van der Waals surface area contributed by atoms with E-state index in [-0.39, 0.29) is 23.2 Å². The van der Waals surface area contributed by atoms with Crippen molar-refractivity contribution in [3.05, 3.63) is 28.0 Å². The summed E-state index contributed by atoms with van der Waals surface area (Å²) >= 11 is 11.1. The van der Waals surface area contributed by atoms with Gasteiger partial charge in [-0.05, 0) is 12.1 Å². The van der Waals surface area contributed by atoms with E-state index in [0.717, 1.165) is 0 Å². The topological polar surface area (TPSA) is 52.5 Å². The Bertz CT molecular complexity index is 326. The van der Waals surface area contributed by atoms with E-state index in [1.165, 1.54) is 12.1 Å². The Hall–Kier alpha value is -0.550. The van der Waals surface area contributed by atoms with Gasteiger partial charge in [0.1, 0.15) is 0 Å². The number of hydrogen-bond acceptors (Lipinski definition) is 3. The predicted molar refractivity (Wildman–Crippen MR) is 58.0 cm³/mol. The molecule has 0 aliphatic rings. The highest BCUT2D eigenvalue weighted by molar-refractivity contribution is 6.35. The zero-order valence-electron chi connectivity index (χ0n) is 7.67. The fourth-order valence-corrected chi connectivity index (χ4v) is 1.44. The first-order valence-electron chi connectivity index (χ1n) is 4.22. The van der Waals surface area contributed by atoms with E-state index >= 15 is 0 Å². The molecule has 0 amide bonds. The summed E-state index contributed by atoms with van der Waals surface area (Å²) in [5, 5.41) is 20.2. The lowest BCUT2D eigenvalue weighted by atomic mass is 10.3. The minimum atomic E-state index is -0.882. The highest BCUT2D eigenvalue weighted by Gasteiger charge is 2.08. The number of benzene rings is 1. The van der Waals surface area contributed by atoms with Gasteiger partial charge in [-0.15, -0.1) is 0 Å². The zero-order valence-corrected chi connectivity index (χ0v) is 9.19. The minimum Gasteiger partial charge on any atom is -0.394 e. The first-order valence-corrected chi connectivity index (χ1v) is 4.97. The molecule has 0 saturated heterocycles. The van der Waals surface area contributed by atoms with Crippen molar-refractivity contribution >= 4 is 28.9 Å². The molecule has 0 spiro atoms. The Balaban J connectivity index is 2.70. The second-order valence-electron chi connectivity index (χ2n) is 2.97. The van der Waals surface area contributed by atoms with Crippen molar-refractivity contribution in [2.24, 2.45) is 0 Å². The molecule has 84 valence electrons. The molecule has 0 fully saturated rings. The van der Waals surface area contributed by atoms with Crippen LogP contribution in [0.1, 0.15) is 0 Å². The lowest BCUT2D eigenvalue weighted by Crippen LogP contribution is -2.22. The van der Waals surface area contributed by atoms with Crippen LogP contribution >= 0.6 is 23.2 Å². The van der Waals surface area contributed by atoms with Gasteiger partial charge in [-0.2, -0.15) is 0 Å². The first kappa shape index (κ1) is 12.5. The Kier molecular flexibility index (Phi) is 4.60. The number of aliphatic hydroxyl groups is 2. The number of rotatable bonds is 4. The molecule has 0 bridgehead atoms. The van der Waals surface area contributed by atoms with Gasteiger partial charge in [0.2, 0.25) is 0 Å². The van der Waals surface area contributed by atoms with Crippen molar-refractivity contribution < 1.29 is 14.6 Å². The van der Waals surface area contributed by atoms with E-state index in [0.29, 0.717) is 5.69 Å². The van der Waals surface area contributed by atoms with E-state index in [2.05, 4.69) is 5.32 Å². The molecule has 1 atom stereocenters. The van der Waals surface area contributed by atoms with Crippen molar-refractivity contribution in [2.45, 2.75) is 6.10 Å². The first-order chi connectivity index (χ1) is 7.04. The molecular weight excluding hydrogens is 244 g/mol. The Labute approximate surface area is 96.4 Å². The smallest absolute Gasteiger partial charge is 0.160 e. The fourth-order valence-electron chi connectivity index (χ4n) is 0.958. The summed E-state index contributed by atoms with van der Waals surface area (Å²) in [6.45, 7) is -0.218. The molecule has 0 aliphatic carbocycles. The summed E-state index contributed by atoms with van der Waals surface area (Å²) in [7, 11) is 0. The maximum Gasteiger partial charge on any atom is 0.160 e. The van der Waals surface area contributed by atoms with Gasteiger partial charge in [0.25, 0.3) is 0 Å². The third-order valence-corrected chi connectivity index (χ3v) is 2.29. The van der Waals surface area contributed by atoms with Crippen LogP contribution in [-0.4, -0.2) is 29.5 Å². The molecule has 1 rings (SSSR count). The number of halogens is 3. The molecule has 0 aromatic heterocycles. The number of anilines is 1. The summed E-state index contributed by atoms with van der Waals surface area (Å²) < 4.78 is 13.0. The molecular formula is C9H10Cl2FNO2. The monoisotopic (exact) mass is 253 g/mol. The lowest BCUT2D eigenvalue weighted by Gasteiger charge is -2.11. The number of hydrogen-bond donors (Lipinski definition) is 3. The van der Waals surface area contributed by atoms with Gasteiger partial charge in [0.05, 0.1) is 22.8 Å². The second kappa shape index (κ2) is 5.51. The molecule has 3 nitrogen and oxygen atoms in total. The van der Waals surface area contributed by atoms with Gasteiger partial charge in [-0.1, -0.05) is 23.2 Å². The third-order valence-electron chi connectivity index (χ3n) is 1.74. The van der Waals surface area contributed by atoms with Gasteiger partial charge in [0.15, 0.2) is 5.82 Å². The van der Waals surface area contributed by atoms with E-state index in [1.54, 1.807) is 0 Å². The molecule has 0 unspecified atom stereocenters. The van der Waals surface area contributed by atoms with E-state index in [1.807, 2.05) is 0 Å². The molecule has 0 saturated carbocycles. The van der Waals surface area contributed by atoms with Crippen LogP contribution < -0.4 is 5.32 Å². The maximum atomic E-state index is 13.0. The van der Waals surface area contributed by atoms with Crippen LogP contribution in [0.25, 0.3) is 0 Å². The summed E-state index contributed by atoms with van der Waals surface area (Å²) in [5.74, 6) is -0.674. The zero-order chi connectivity index (χ0) is 11.4. The van der Waals surface area contributed by atoms with Crippen LogP contribution in [-0.2, 0) is 0 Å². The minimum absolute atomic E-state index is 0.0940. The summed E-state index contributed by atoms with van der Waals surface area (Å²) in [4.78, 5) is 0. The van der Waals surface area contributed by atoms with Gasteiger partial charge >= 0.3 is 0 Å². The number of aliphatic hydroxyl groups excluding tert-OH is 2. The standard InChI is InChI=1S/C9H10Cl2FNO2/c10-7-1-5(2-8(11)9(7)12)13-3-6(15)4-14/h1-2,6,13-15H,3-4H2/t6-/m0/s1. The van der Waals surface area contributed by atoms with Crippen LogP contribution in [0.5, 0.6) is 0 Å². The average Bonchev–Trinajstić information content (AvgIpc) is 2.22. The molecule has 0 heterocycles. The maximum absolute atomic E-state index is 13.0. The van der Waals surface area contributed by atoms with Gasteiger partial charge in [-0.3, -0.25) is 0 Å². The highest BCUT2D eigenvalue weighted by atomic mass is 35.5. The van der Waals surface area contributed by atoms with Crippen molar-refractivity contribution in [3.8, 4) is 0 Å². The molecule has 0 radical (unpaired) electrons. The van der Waals surface area contributed by atoms with Crippen LogP contribution in [0, 0.1) is 5.82 Å². The number of nitrogens with one attached hydrogen (secondary N) is 1. The van der Waals surface area contributed by atoms with Gasteiger partial charge < -0.3 is 15.5 Å². The van der Waals surface area contributed by atoms with E-state index in [4.69, 9.17) is 33.4 Å². The summed E-state index contributed by atoms with van der Waals surface area (Å²) in [6.07, 6.45) is -0.882. The fraction of sp³-hybridized carbons (Fsp3) is 0.333. The summed E-state index contributed by atoms with van der Waals surface area (Å²) in [5.41, 5.74) is 0.485. The van der Waals surface area contributed by atoms with Crippen molar-refractivity contribution in [2.75, 3.05) is 18.5 Å². The van der Waals surface area contributed by atoms with E-state index < -0.39 is 11.9 Å². The Morgan fingerprint density at radius 1 is 1.33 bits per heavy atom. The Morgan fingerprint density at radius 3 is 2.33 bits per heavy atom. The molecule has 1 aromatic carbocycles. The van der Waals surface area contributed by atoms with Gasteiger partial charge in [0, 0.05) is 12.2 Å². The highest BCUT2D eigenvalue weighted by Crippen LogP contribution is 2.27. The molecule has 1 aromatic rings.